The molecule has 2 aliphatic heterocycles. The van der Waals surface area contributed by atoms with Gasteiger partial charge in [-0.1, -0.05) is 71.7 Å². The molecule has 2 heterocycles. The normalized spacial score (nSPS) is 20.0. The predicted octanol–water partition coefficient (Wildman–Crippen LogP) is 6.15. The number of nitrogens with zero attached hydrogens (tertiary/aromatic N) is 3. The van der Waals surface area contributed by atoms with Gasteiger partial charge in [0.15, 0.2) is 6.67 Å². The van der Waals surface area contributed by atoms with E-state index in [4.69, 9.17) is 23.2 Å². The first-order valence-electron chi connectivity index (χ1n) is 15.2. The molecule has 2 N–H and O–H groups in total. The zero-order valence-electron chi connectivity index (χ0n) is 25.7. The quantitative estimate of drug-likeness (QED) is 0.221. The molecule has 3 aromatic carbocycles. The summed E-state index contributed by atoms with van der Waals surface area (Å²) in [6, 6.07) is 20.8. The first kappa shape index (κ1) is 34.3. The van der Waals surface area contributed by atoms with E-state index in [1.54, 1.807) is 55.6 Å². The van der Waals surface area contributed by atoms with Gasteiger partial charge in [0, 0.05) is 50.6 Å². The van der Waals surface area contributed by atoms with Gasteiger partial charge in [-0.3, -0.25) is 15.0 Å². The Morgan fingerprint density at radius 3 is 2.35 bits per heavy atom. The summed E-state index contributed by atoms with van der Waals surface area (Å²) < 4.78 is 40.1. The van der Waals surface area contributed by atoms with Crippen LogP contribution in [0.15, 0.2) is 72.8 Å². The average molecular weight is 679 g/mol. The van der Waals surface area contributed by atoms with Gasteiger partial charge < -0.3 is 10.0 Å². The second-order valence-corrected chi connectivity index (χ2v) is 13.3. The molecule has 2 amide bonds. The van der Waals surface area contributed by atoms with Crippen molar-refractivity contribution in [3.05, 3.63) is 105 Å². The van der Waals surface area contributed by atoms with Crippen molar-refractivity contribution < 1.29 is 32.3 Å². The number of rotatable bonds is 8. The number of halogens is 5. The van der Waals surface area contributed by atoms with Crippen LogP contribution in [0.5, 0.6) is 0 Å². The van der Waals surface area contributed by atoms with Gasteiger partial charge in [-0.25, -0.2) is 9.28 Å². The van der Waals surface area contributed by atoms with Crippen molar-refractivity contribution in [1.82, 2.24) is 15.1 Å². The van der Waals surface area contributed by atoms with Crippen LogP contribution >= 0.6 is 23.2 Å². The summed E-state index contributed by atoms with van der Waals surface area (Å²) in [7, 11) is 2.63. The smallest absolute Gasteiger partial charge is 0.378 e. The van der Waals surface area contributed by atoms with Crippen LogP contribution in [0.4, 0.5) is 13.2 Å². The fourth-order valence-electron chi connectivity index (χ4n) is 7.10. The zero-order chi connectivity index (χ0) is 33.3. The van der Waals surface area contributed by atoms with E-state index in [1.807, 2.05) is 12.1 Å². The number of aliphatic hydroxyl groups is 1. The van der Waals surface area contributed by atoms with Gasteiger partial charge in [0.25, 0.3) is 0 Å². The molecule has 12 heteroatoms. The van der Waals surface area contributed by atoms with E-state index in [-0.39, 0.29) is 10.6 Å². The number of quaternary nitrogens is 1. The van der Waals surface area contributed by atoms with E-state index in [0.29, 0.717) is 53.5 Å². The van der Waals surface area contributed by atoms with E-state index in [1.165, 1.54) is 5.56 Å². The summed E-state index contributed by atoms with van der Waals surface area (Å²) in [4.78, 5) is 29.5. The molecule has 0 aliphatic carbocycles. The Balaban J connectivity index is 1.45. The average Bonchev–Trinajstić information content (AvgIpc) is 3.02. The minimum absolute atomic E-state index is 0.253. The van der Waals surface area contributed by atoms with Gasteiger partial charge >= 0.3 is 18.0 Å². The maximum absolute atomic E-state index is 14.3. The molecule has 3 aromatic rings. The minimum Gasteiger partial charge on any atom is -0.378 e. The fraction of sp³-hybridized carbons (Fsp3) is 0.412. The van der Waals surface area contributed by atoms with Crippen LogP contribution in [0.25, 0.3) is 0 Å². The van der Waals surface area contributed by atoms with Crippen molar-refractivity contribution >= 4 is 35.0 Å². The number of aliphatic hydroxyl groups excluding tert-OH is 1. The standard InChI is InChI=1S/C34H38Cl2F3N4O3/c1-41(32(46)34(37,38)39)22-43(2,31(45)23-8-4-3-5-9-23)29(25-12-13-27(35)28(36)20-25)14-17-42-18-15-33(16-19-42)26-11-7-6-10-24(26)21-30(44)40-33/h3-13,20,29-30,40,44H,14-19,21-22H2,1-2H3/q+1/t29-,30?,43?/m0/s1. The predicted molar refractivity (Wildman–Crippen MR) is 171 cm³/mol. The molecule has 2 aliphatic rings. The van der Waals surface area contributed by atoms with Crippen LogP contribution in [-0.2, 0) is 16.8 Å². The molecule has 2 unspecified atom stereocenters. The summed E-state index contributed by atoms with van der Waals surface area (Å²) in [5, 5.41) is 14.6. The van der Waals surface area contributed by atoms with Crippen LogP contribution < -0.4 is 5.32 Å². The highest BCUT2D eigenvalue weighted by molar-refractivity contribution is 6.42. The van der Waals surface area contributed by atoms with Crippen molar-refractivity contribution in [1.29, 1.82) is 0 Å². The highest BCUT2D eigenvalue weighted by Gasteiger charge is 2.48. The Hall–Kier alpha value is -2.99. The second-order valence-electron chi connectivity index (χ2n) is 12.5. The van der Waals surface area contributed by atoms with E-state index in [0.717, 1.165) is 25.5 Å². The molecule has 3 atom stereocenters. The maximum atomic E-state index is 14.3. The molecule has 0 aromatic heterocycles. The largest absolute Gasteiger partial charge is 0.471 e. The summed E-state index contributed by atoms with van der Waals surface area (Å²) in [5.41, 5.74) is 2.90. The van der Waals surface area contributed by atoms with Crippen LogP contribution in [0.1, 0.15) is 52.4 Å². The third kappa shape index (κ3) is 7.12. The van der Waals surface area contributed by atoms with Crippen LogP contribution in [0.3, 0.4) is 0 Å². The molecule has 1 fully saturated rings. The molecule has 0 radical (unpaired) electrons. The summed E-state index contributed by atoms with van der Waals surface area (Å²) in [6.07, 6.45) is -3.33. The van der Waals surface area contributed by atoms with Crippen LogP contribution in [0, 0.1) is 0 Å². The molecule has 0 saturated carbocycles. The number of carbonyl (C=O) groups is 2. The topological polar surface area (TPSA) is 72.9 Å². The second kappa shape index (κ2) is 13.6. The number of likely N-dealkylation sites (tertiary alicyclic amines) is 1. The molecule has 246 valence electrons. The molecule has 0 bridgehead atoms. The molecular weight excluding hydrogens is 640 g/mol. The van der Waals surface area contributed by atoms with Crippen molar-refractivity contribution in [3.8, 4) is 0 Å². The van der Waals surface area contributed by atoms with E-state index in [9.17, 15) is 27.9 Å². The number of fused-ring (bicyclic) bond motifs is 2. The lowest BCUT2D eigenvalue weighted by molar-refractivity contribution is -0.870. The first-order chi connectivity index (χ1) is 21.7. The van der Waals surface area contributed by atoms with Gasteiger partial charge in [-0.2, -0.15) is 13.2 Å². The number of hydrogen-bond acceptors (Lipinski definition) is 5. The molecule has 46 heavy (non-hydrogen) atoms. The Bertz CT molecular complexity index is 1570. The van der Waals surface area contributed by atoms with Gasteiger partial charge in [0.05, 0.1) is 22.7 Å². The van der Waals surface area contributed by atoms with Crippen molar-refractivity contribution in [2.24, 2.45) is 0 Å². The third-order valence-corrected chi connectivity index (χ3v) is 10.2. The molecule has 1 spiro atoms. The van der Waals surface area contributed by atoms with E-state index in [2.05, 4.69) is 22.3 Å². The Morgan fingerprint density at radius 2 is 1.70 bits per heavy atom. The lowest BCUT2D eigenvalue weighted by Crippen LogP contribution is -2.59. The van der Waals surface area contributed by atoms with Crippen LogP contribution in [-0.4, -0.2) is 84.0 Å². The number of amides is 2. The lowest BCUT2D eigenvalue weighted by atomic mass is 9.75. The number of carbonyl (C=O) groups excluding carboxylic acids is 2. The Kier molecular flexibility index (Phi) is 10.2. The first-order valence-corrected chi connectivity index (χ1v) is 16.0. The molecule has 1 saturated heterocycles. The third-order valence-electron chi connectivity index (χ3n) is 9.41. The highest BCUT2D eigenvalue weighted by atomic mass is 35.5. The molecular formula is C34H38Cl2F3N4O3+. The minimum atomic E-state index is -5.10. The van der Waals surface area contributed by atoms with Crippen molar-refractivity contribution in [3.63, 3.8) is 0 Å². The van der Waals surface area contributed by atoms with E-state index >= 15 is 0 Å². The monoisotopic (exact) mass is 677 g/mol. The number of benzene rings is 3. The van der Waals surface area contributed by atoms with Crippen molar-refractivity contribution in [2.75, 3.05) is 40.4 Å². The highest BCUT2D eigenvalue weighted by Crippen LogP contribution is 2.40. The Morgan fingerprint density at radius 1 is 1.04 bits per heavy atom. The maximum Gasteiger partial charge on any atom is 0.471 e. The van der Waals surface area contributed by atoms with Gasteiger partial charge in [0.2, 0.25) is 0 Å². The molecule has 7 nitrogen and oxygen atoms in total. The van der Waals surface area contributed by atoms with Gasteiger partial charge in [-0.15, -0.1) is 0 Å². The lowest BCUT2D eigenvalue weighted by Gasteiger charge is -2.48. The zero-order valence-corrected chi connectivity index (χ0v) is 27.2. The fourth-order valence-corrected chi connectivity index (χ4v) is 7.41. The number of nitrogens with one attached hydrogen (secondary N) is 1. The van der Waals surface area contributed by atoms with Gasteiger partial charge in [0.1, 0.15) is 12.3 Å². The number of alkyl halides is 3. The SMILES string of the molecule is CN(C[N+](C)(C(=O)c1ccccc1)[C@@H](CCN1CCC2(CC1)NC(O)Cc1ccccc12)c1ccc(Cl)c(Cl)c1)C(=O)C(F)(F)F. The number of hydrogen-bond donors (Lipinski definition) is 2. The summed E-state index contributed by atoms with van der Waals surface area (Å²) >= 11 is 12.7. The Labute approximate surface area is 277 Å². The van der Waals surface area contributed by atoms with Crippen LogP contribution in [0.2, 0.25) is 10.0 Å². The summed E-state index contributed by atoms with van der Waals surface area (Å²) in [5.74, 6) is -2.47. The van der Waals surface area contributed by atoms with Crippen molar-refractivity contribution in [2.45, 2.75) is 49.7 Å². The van der Waals surface area contributed by atoms with E-state index < -0.39 is 41.4 Å². The summed E-state index contributed by atoms with van der Waals surface area (Å²) in [6.45, 7) is 1.40. The van der Waals surface area contributed by atoms with Gasteiger partial charge in [-0.05, 0) is 48.2 Å². The molecule has 5 rings (SSSR count). The number of piperidine rings is 1.